The van der Waals surface area contributed by atoms with Crippen LogP contribution in [0, 0.1) is 0 Å². The summed E-state index contributed by atoms with van der Waals surface area (Å²) in [5.41, 5.74) is 0. The summed E-state index contributed by atoms with van der Waals surface area (Å²) < 4.78 is 0. The molecule has 15 heavy (non-hydrogen) atoms. The number of hydrogen-bond acceptors (Lipinski definition) is 4. The van der Waals surface area contributed by atoms with Gasteiger partial charge in [-0.15, -0.1) is 0 Å². The highest BCUT2D eigenvalue weighted by Gasteiger charge is 2.00. The molecule has 0 rings (SSSR count). The van der Waals surface area contributed by atoms with E-state index in [1.165, 1.54) is 45.4 Å². The van der Waals surface area contributed by atoms with Gasteiger partial charge in [-0.2, -0.15) is 25.3 Å². The molecule has 0 radical (unpaired) electrons. The Morgan fingerprint density at radius 3 is 1.33 bits per heavy atom. The summed E-state index contributed by atoms with van der Waals surface area (Å²) in [5.74, 6) is 1.98. The summed E-state index contributed by atoms with van der Waals surface area (Å²) in [5, 5.41) is 0. The van der Waals surface area contributed by atoms with Crippen molar-refractivity contribution in [2.75, 3.05) is 51.8 Å². The summed E-state index contributed by atoms with van der Waals surface area (Å²) in [6.07, 6.45) is 3.64. The average Bonchev–Trinajstić information content (AvgIpc) is 2.23. The van der Waals surface area contributed by atoms with Crippen molar-refractivity contribution < 1.29 is 0 Å². The first-order valence-electron chi connectivity index (χ1n) is 5.79. The normalized spacial score (nSPS) is 11.6. The van der Waals surface area contributed by atoms with E-state index in [9.17, 15) is 0 Å². The Balaban J connectivity index is 3.27. The molecule has 0 fully saturated rings. The smallest absolute Gasteiger partial charge is 0.000959 e. The van der Waals surface area contributed by atoms with Crippen molar-refractivity contribution in [1.29, 1.82) is 0 Å². The molecule has 2 nitrogen and oxygen atoms in total. The van der Waals surface area contributed by atoms with Crippen molar-refractivity contribution in [3.8, 4) is 0 Å². The van der Waals surface area contributed by atoms with E-state index < -0.39 is 0 Å². The fourth-order valence-corrected chi connectivity index (χ4v) is 1.80. The molecule has 92 valence electrons. The SMILES string of the molecule is CN(CCCS)CCCN(C)CCCS. The molecule has 0 aliphatic heterocycles. The molecule has 0 aromatic rings. The van der Waals surface area contributed by atoms with Gasteiger partial charge in [0.2, 0.25) is 0 Å². The van der Waals surface area contributed by atoms with E-state index in [1.807, 2.05) is 0 Å². The van der Waals surface area contributed by atoms with Crippen LogP contribution in [0.4, 0.5) is 0 Å². The van der Waals surface area contributed by atoms with Crippen LogP contribution in [0.3, 0.4) is 0 Å². The van der Waals surface area contributed by atoms with Gasteiger partial charge >= 0.3 is 0 Å². The average molecular weight is 250 g/mol. The first-order chi connectivity index (χ1) is 7.20. The number of thiol groups is 2. The van der Waals surface area contributed by atoms with Gasteiger partial charge in [-0.1, -0.05) is 0 Å². The van der Waals surface area contributed by atoms with Crippen LogP contribution < -0.4 is 0 Å². The minimum atomic E-state index is 0.992. The molecule has 0 N–H and O–H groups in total. The van der Waals surface area contributed by atoms with Crippen LogP contribution in [0.25, 0.3) is 0 Å². The molecule has 0 aromatic heterocycles. The molecule has 0 bridgehead atoms. The van der Waals surface area contributed by atoms with Crippen molar-refractivity contribution in [3.63, 3.8) is 0 Å². The molecule has 0 aliphatic rings. The van der Waals surface area contributed by atoms with Gasteiger partial charge in [0.05, 0.1) is 0 Å². The zero-order chi connectivity index (χ0) is 11.5. The van der Waals surface area contributed by atoms with Crippen molar-refractivity contribution in [2.45, 2.75) is 19.3 Å². The summed E-state index contributed by atoms with van der Waals surface area (Å²) in [4.78, 5) is 4.78. The number of nitrogens with zero attached hydrogens (tertiary/aromatic N) is 2. The molecular weight excluding hydrogens is 224 g/mol. The van der Waals surface area contributed by atoms with Crippen LogP contribution in [0.15, 0.2) is 0 Å². The van der Waals surface area contributed by atoms with Gasteiger partial charge in [-0.3, -0.25) is 0 Å². The minimum Gasteiger partial charge on any atom is -0.306 e. The Morgan fingerprint density at radius 2 is 1.00 bits per heavy atom. The molecule has 0 aliphatic carbocycles. The van der Waals surface area contributed by atoms with Crippen LogP contribution in [0.2, 0.25) is 0 Å². The largest absolute Gasteiger partial charge is 0.306 e. The molecule has 4 heteroatoms. The Kier molecular flexibility index (Phi) is 11.6. The monoisotopic (exact) mass is 250 g/mol. The van der Waals surface area contributed by atoms with Gasteiger partial charge in [0.1, 0.15) is 0 Å². The maximum atomic E-state index is 4.22. The number of rotatable bonds is 10. The van der Waals surface area contributed by atoms with Gasteiger partial charge in [0.15, 0.2) is 0 Å². The second-order valence-corrected chi connectivity index (χ2v) is 5.01. The van der Waals surface area contributed by atoms with E-state index >= 15 is 0 Å². The highest BCUT2D eigenvalue weighted by molar-refractivity contribution is 7.80. The molecule has 0 atom stereocenters. The Bertz CT molecular complexity index is 120. The molecule has 0 aromatic carbocycles. The summed E-state index contributed by atoms with van der Waals surface area (Å²) in [6, 6.07) is 0. The third-order valence-electron chi connectivity index (χ3n) is 2.48. The predicted octanol–water partition coefficient (Wildman–Crippen LogP) is 1.88. The number of hydrogen-bond donors (Lipinski definition) is 2. The minimum absolute atomic E-state index is 0.992. The van der Waals surface area contributed by atoms with Crippen LogP contribution in [0.5, 0.6) is 0 Å². The van der Waals surface area contributed by atoms with Gasteiger partial charge < -0.3 is 9.80 Å². The quantitative estimate of drug-likeness (QED) is 0.572. The lowest BCUT2D eigenvalue weighted by molar-refractivity contribution is 0.280. The zero-order valence-electron chi connectivity index (χ0n) is 10.2. The Hall–Kier alpha value is 0.620. The van der Waals surface area contributed by atoms with E-state index in [0.717, 1.165) is 11.5 Å². The second-order valence-electron chi connectivity index (χ2n) is 4.11. The van der Waals surface area contributed by atoms with Gasteiger partial charge in [0, 0.05) is 0 Å². The van der Waals surface area contributed by atoms with Crippen LogP contribution in [-0.4, -0.2) is 61.6 Å². The Morgan fingerprint density at radius 1 is 0.667 bits per heavy atom. The van der Waals surface area contributed by atoms with Crippen LogP contribution in [0.1, 0.15) is 19.3 Å². The molecule has 0 spiro atoms. The van der Waals surface area contributed by atoms with E-state index in [0.29, 0.717) is 0 Å². The fourth-order valence-electron chi connectivity index (χ4n) is 1.52. The highest BCUT2D eigenvalue weighted by atomic mass is 32.1. The molecule has 0 amide bonds. The second kappa shape index (κ2) is 11.1. The lowest BCUT2D eigenvalue weighted by Gasteiger charge is -2.19. The third kappa shape index (κ3) is 10.9. The standard InChI is InChI=1S/C11H26N2S2/c1-12(8-4-10-14)6-3-7-13(2)9-5-11-15/h14-15H,3-11H2,1-2H3. The molecule has 0 saturated carbocycles. The molecule has 0 saturated heterocycles. The van der Waals surface area contributed by atoms with E-state index in [1.54, 1.807) is 0 Å². The first kappa shape index (κ1) is 15.6. The van der Waals surface area contributed by atoms with Crippen molar-refractivity contribution in [3.05, 3.63) is 0 Å². The van der Waals surface area contributed by atoms with E-state index in [4.69, 9.17) is 0 Å². The fraction of sp³-hybridized carbons (Fsp3) is 1.00. The topological polar surface area (TPSA) is 6.48 Å². The molecular formula is C11H26N2S2. The maximum Gasteiger partial charge on any atom is -0.000959 e. The van der Waals surface area contributed by atoms with E-state index in [-0.39, 0.29) is 0 Å². The highest BCUT2D eigenvalue weighted by Crippen LogP contribution is 1.95. The zero-order valence-corrected chi connectivity index (χ0v) is 11.9. The lowest BCUT2D eigenvalue weighted by atomic mass is 10.3. The van der Waals surface area contributed by atoms with Crippen LogP contribution in [-0.2, 0) is 0 Å². The lowest BCUT2D eigenvalue weighted by Crippen LogP contribution is -2.27. The molecule has 0 heterocycles. The van der Waals surface area contributed by atoms with Crippen LogP contribution >= 0.6 is 25.3 Å². The predicted molar refractivity (Wildman–Crippen MR) is 76.6 cm³/mol. The van der Waals surface area contributed by atoms with Gasteiger partial charge in [0.25, 0.3) is 0 Å². The summed E-state index contributed by atoms with van der Waals surface area (Å²) in [6.45, 7) is 4.73. The van der Waals surface area contributed by atoms with Crippen molar-refractivity contribution >= 4 is 25.3 Å². The molecule has 0 unspecified atom stereocenters. The first-order valence-corrected chi connectivity index (χ1v) is 7.06. The Labute approximate surface area is 106 Å². The van der Waals surface area contributed by atoms with Crippen molar-refractivity contribution in [2.24, 2.45) is 0 Å². The van der Waals surface area contributed by atoms with Crippen molar-refractivity contribution in [1.82, 2.24) is 9.80 Å². The summed E-state index contributed by atoms with van der Waals surface area (Å²) in [7, 11) is 4.38. The third-order valence-corrected chi connectivity index (χ3v) is 3.11. The van der Waals surface area contributed by atoms with Gasteiger partial charge in [-0.25, -0.2) is 0 Å². The summed E-state index contributed by atoms with van der Waals surface area (Å²) >= 11 is 8.43. The van der Waals surface area contributed by atoms with E-state index in [2.05, 4.69) is 49.2 Å². The maximum absolute atomic E-state index is 4.22. The van der Waals surface area contributed by atoms with Gasteiger partial charge in [-0.05, 0) is 71.0 Å².